The van der Waals surface area contributed by atoms with Crippen LogP contribution in [0.1, 0.15) is 51.6 Å². The first kappa shape index (κ1) is 20.8. The lowest BCUT2D eigenvalue weighted by Gasteiger charge is -2.31. The summed E-state index contributed by atoms with van der Waals surface area (Å²) >= 11 is 0. The highest BCUT2D eigenvalue weighted by molar-refractivity contribution is 5.99. The predicted octanol–water partition coefficient (Wildman–Crippen LogP) is 3.89. The van der Waals surface area contributed by atoms with E-state index in [0.29, 0.717) is 27.9 Å². The van der Waals surface area contributed by atoms with E-state index in [9.17, 15) is 18.7 Å². The minimum Gasteiger partial charge on any atom is -0.415 e. The largest absolute Gasteiger partial charge is 0.415 e. The smallest absolute Gasteiger partial charge is 0.314 e. The number of carbonyl (C=O) groups excluding carboxylic acids is 1. The molecular formula is C23H17F2N5O3. The third-order valence-electron chi connectivity index (χ3n) is 5.48. The summed E-state index contributed by atoms with van der Waals surface area (Å²) < 4.78 is 30.6. The molecule has 0 aliphatic carbocycles. The molecule has 10 heteroatoms. The summed E-state index contributed by atoms with van der Waals surface area (Å²) in [5.74, 6) is -1.23. The van der Waals surface area contributed by atoms with Crippen molar-refractivity contribution in [1.82, 2.24) is 25.1 Å². The van der Waals surface area contributed by atoms with Crippen LogP contribution in [0.2, 0.25) is 0 Å². The first-order chi connectivity index (χ1) is 16.0. The van der Waals surface area contributed by atoms with Gasteiger partial charge in [-0.05, 0) is 23.3 Å². The standard InChI is InChI=1S/C23H17F2N5O3/c24-20(25)22-29-28-21(33-22)14-6-7-15-12-30(23(32)16(15)10-14)18(17-11-26-8-9-27-17)19(31)13-4-2-1-3-5-13/h1-11,18-20,31H,12H2. The Bertz CT molecular complexity index is 1280. The second-order valence-corrected chi connectivity index (χ2v) is 7.48. The van der Waals surface area contributed by atoms with Crippen LogP contribution >= 0.6 is 0 Å². The number of fused-ring (bicyclic) bond motifs is 1. The SMILES string of the molecule is O=C1c2cc(-c3nnc(C(F)F)o3)ccc2CN1C(c1cnccn1)C(O)c1ccccc1. The number of aromatic nitrogens is 4. The fraction of sp³-hybridized carbons (Fsp3) is 0.174. The molecule has 4 aromatic rings. The monoisotopic (exact) mass is 449 g/mol. The Morgan fingerprint density at radius 1 is 1.06 bits per heavy atom. The fourth-order valence-corrected chi connectivity index (χ4v) is 3.91. The lowest BCUT2D eigenvalue weighted by Crippen LogP contribution is -2.34. The number of benzene rings is 2. The number of rotatable bonds is 6. The lowest BCUT2D eigenvalue weighted by molar-refractivity contribution is 0.0346. The number of aliphatic hydroxyl groups is 1. The molecule has 0 saturated carbocycles. The Labute approximate surface area is 186 Å². The molecule has 2 aromatic heterocycles. The molecule has 33 heavy (non-hydrogen) atoms. The summed E-state index contributed by atoms with van der Waals surface area (Å²) in [4.78, 5) is 23.4. The van der Waals surface area contributed by atoms with E-state index < -0.39 is 24.5 Å². The third-order valence-corrected chi connectivity index (χ3v) is 5.48. The average Bonchev–Trinajstić information content (AvgIpc) is 3.46. The van der Waals surface area contributed by atoms with E-state index in [-0.39, 0.29) is 18.3 Å². The molecule has 0 saturated heterocycles. The first-order valence-electron chi connectivity index (χ1n) is 10.1. The van der Waals surface area contributed by atoms with Crippen molar-refractivity contribution in [2.24, 2.45) is 0 Å². The Balaban J connectivity index is 1.50. The maximum atomic E-state index is 13.4. The van der Waals surface area contributed by atoms with Gasteiger partial charge in [0.1, 0.15) is 12.1 Å². The van der Waals surface area contributed by atoms with Crippen LogP contribution in [0.5, 0.6) is 0 Å². The predicted molar refractivity (Wildman–Crippen MR) is 111 cm³/mol. The van der Waals surface area contributed by atoms with E-state index in [0.717, 1.165) is 0 Å². The zero-order chi connectivity index (χ0) is 22.9. The molecular weight excluding hydrogens is 432 g/mol. The van der Waals surface area contributed by atoms with Gasteiger partial charge in [-0.3, -0.25) is 14.8 Å². The summed E-state index contributed by atoms with van der Waals surface area (Å²) in [5, 5.41) is 18.2. The second kappa shape index (κ2) is 8.47. The van der Waals surface area contributed by atoms with Gasteiger partial charge in [-0.15, -0.1) is 10.2 Å². The Kier molecular flexibility index (Phi) is 5.35. The van der Waals surface area contributed by atoms with Crippen LogP contribution in [0.15, 0.2) is 71.5 Å². The minimum atomic E-state index is -2.88. The maximum absolute atomic E-state index is 13.4. The molecule has 1 amide bonds. The molecule has 3 heterocycles. The van der Waals surface area contributed by atoms with Crippen molar-refractivity contribution >= 4 is 5.91 Å². The minimum absolute atomic E-state index is 0.103. The van der Waals surface area contributed by atoms with E-state index in [4.69, 9.17) is 4.42 Å². The van der Waals surface area contributed by atoms with Crippen molar-refractivity contribution in [3.8, 4) is 11.5 Å². The van der Waals surface area contributed by atoms with Gasteiger partial charge in [0, 0.05) is 30.1 Å². The van der Waals surface area contributed by atoms with E-state index >= 15 is 0 Å². The van der Waals surface area contributed by atoms with Crippen LogP contribution in [-0.2, 0) is 6.54 Å². The van der Waals surface area contributed by atoms with Gasteiger partial charge < -0.3 is 14.4 Å². The van der Waals surface area contributed by atoms with Crippen LogP contribution in [0.3, 0.4) is 0 Å². The number of hydrogen-bond acceptors (Lipinski definition) is 7. The zero-order valence-corrected chi connectivity index (χ0v) is 17.0. The first-order valence-corrected chi connectivity index (χ1v) is 10.1. The molecule has 2 unspecified atom stereocenters. The van der Waals surface area contributed by atoms with Gasteiger partial charge in [0.2, 0.25) is 5.89 Å². The van der Waals surface area contributed by atoms with Crippen molar-refractivity contribution < 1.29 is 23.1 Å². The number of amides is 1. The molecule has 2 atom stereocenters. The molecule has 0 radical (unpaired) electrons. The van der Waals surface area contributed by atoms with Gasteiger partial charge >= 0.3 is 6.43 Å². The van der Waals surface area contributed by atoms with Gasteiger partial charge in [-0.1, -0.05) is 36.4 Å². The second-order valence-electron chi connectivity index (χ2n) is 7.48. The van der Waals surface area contributed by atoms with Crippen molar-refractivity contribution in [1.29, 1.82) is 0 Å². The molecule has 0 bridgehead atoms. The Morgan fingerprint density at radius 2 is 1.88 bits per heavy atom. The fourth-order valence-electron chi connectivity index (χ4n) is 3.91. The highest BCUT2D eigenvalue weighted by Crippen LogP contribution is 2.39. The Hall–Kier alpha value is -4.05. The van der Waals surface area contributed by atoms with Gasteiger partial charge in [0.25, 0.3) is 11.8 Å². The normalized spacial score (nSPS) is 15.0. The van der Waals surface area contributed by atoms with E-state index in [1.165, 1.54) is 29.6 Å². The molecule has 166 valence electrons. The number of alkyl halides is 2. The van der Waals surface area contributed by atoms with E-state index in [1.54, 1.807) is 36.4 Å². The van der Waals surface area contributed by atoms with Gasteiger partial charge in [-0.2, -0.15) is 8.78 Å². The van der Waals surface area contributed by atoms with E-state index in [1.807, 2.05) is 6.07 Å². The maximum Gasteiger partial charge on any atom is 0.314 e. The van der Waals surface area contributed by atoms with E-state index in [2.05, 4.69) is 20.2 Å². The average molecular weight is 449 g/mol. The number of hydrogen-bond donors (Lipinski definition) is 1. The molecule has 8 nitrogen and oxygen atoms in total. The highest BCUT2D eigenvalue weighted by atomic mass is 19.3. The molecule has 5 rings (SSSR count). The van der Waals surface area contributed by atoms with Crippen LogP contribution in [0.4, 0.5) is 8.78 Å². The number of nitrogens with zero attached hydrogens (tertiary/aromatic N) is 5. The molecule has 0 spiro atoms. The zero-order valence-electron chi connectivity index (χ0n) is 17.0. The molecule has 1 aliphatic heterocycles. The van der Waals surface area contributed by atoms with Crippen molar-refractivity contribution in [2.75, 3.05) is 0 Å². The van der Waals surface area contributed by atoms with Crippen molar-refractivity contribution in [3.63, 3.8) is 0 Å². The quantitative estimate of drug-likeness (QED) is 0.476. The summed E-state index contributed by atoms with van der Waals surface area (Å²) in [6.07, 6.45) is 0.598. The van der Waals surface area contributed by atoms with Crippen molar-refractivity contribution in [2.45, 2.75) is 25.1 Å². The van der Waals surface area contributed by atoms with Crippen LogP contribution in [-0.4, -0.2) is 36.1 Å². The summed E-state index contributed by atoms with van der Waals surface area (Å²) in [6, 6.07) is 13.1. The molecule has 1 N–H and O–H groups in total. The van der Waals surface area contributed by atoms with Crippen molar-refractivity contribution in [3.05, 3.63) is 95.4 Å². The van der Waals surface area contributed by atoms with Gasteiger partial charge in [-0.25, -0.2) is 0 Å². The van der Waals surface area contributed by atoms with Gasteiger partial charge in [0.05, 0.1) is 11.9 Å². The Morgan fingerprint density at radius 3 is 2.58 bits per heavy atom. The number of carbonyl (C=O) groups is 1. The van der Waals surface area contributed by atoms with Gasteiger partial charge in [0.15, 0.2) is 0 Å². The summed E-state index contributed by atoms with van der Waals surface area (Å²) in [7, 11) is 0. The third kappa shape index (κ3) is 3.85. The topological polar surface area (TPSA) is 105 Å². The number of halogens is 2. The van der Waals surface area contributed by atoms with Crippen LogP contribution in [0.25, 0.3) is 11.5 Å². The molecule has 0 fully saturated rings. The van der Waals surface area contributed by atoms with Crippen LogP contribution < -0.4 is 0 Å². The number of aliphatic hydroxyl groups excluding tert-OH is 1. The molecule has 1 aliphatic rings. The van der Waals surface area contributed by atoms with Crippen LogP contribution in [0, 0.1) is 0 Å². The molecule has 2 aromatic carbocycles. The highest BCUT2D eigenvalue weighted by Gasteiger charge is 2.39. The summed E-state index contributed by atoms with van der Waals surface area (Å²) in [6.45, 7) is 0.228. The summed E-state index contributed by atoms with van der Waals surface area (Å²) in [5.41, 5.74) is 2.49. The lowest BCUT2D eigenvalue weighted by atomic mass is 9.98.